The summed E-state index contributed by atoms with van der Waals surface area (Å²) in [5.41, 5.74) is 4.19. The van der Waals surface area contributed by atoms with Crippen molar-refractivity contribution in [3.8, 4) is 0 Å². The molecule has 0 atom stereocenters. The van der Waals surface area contributed by atoms with Gasteiger partial charge in [-0.05, 0) is 47.5 Å². The van der Waals surface area contributed by atoms with Crippen LogP contribution in [0.5, 0.6) is 0 Å². The highest BCUT2D eigenvalue weighted by Gasteiger charge is 2.22. The lowest BCUT2D eigenvalue weighted by Gasteiger charge is -2.26. The third-order valence-electron chi connectivity index (χ3n) is 4.37. The number of carbonyl (C=O) groups is 1. The second kappa shape index (κ2) is 8.48. The number of carbonyl (C=O) groups excluding carboxylic acids is 1. The first-order valence-electron chi connectivity index (χ1n) is 8.58. The molecule has 0 aliphatic carbocycles. The number of benzene rings is 3. The summed E-state index contributed by atoms with van der Waals surface area (Å²) in [6.07, 6.45) is 0. The van der Waals surface area contributed by atoms with Crippen molar-refractivity contribution in [1.29, 1.82) is 0 Å². The molecule has 1 amide bonds. The first kappa shape index (κ1) is 21.2. The second-order valence-corrected chi connectivity index (χ2v) is 6.47. The number of hydrogen-bond acceptors (Lipinski definition) is 2. The molecule has 0 saturated heterocycles. The van der Waals surface area contributed by atoms with E-state index in [0.717, 1.165) is 36.4 Å². The van der Waals surface area contributed by atoms with Crippen LogP contribution in [0.25, 0.3) is 0 Å². The van der Waals surface area contributed by atoms with Gasteiger partial charge in [-0.3, -0.25) is 4.79 Å². The van der Waals surface area contributed by atoms with E-state index in [4.69, 9.17) is 5.73 Å². The van der Waals surface area contributed by atoms with Crippen LogP contribution in [0.4, 0.5) is 32.0 Å². The topological polar surface area (TPSA) is 46.3 Å². The summed E-state index contributed by atoms with van der Waals surface area (Å²) in [4.78, 5) is 12.7. The van der Waals surface area contributed by atoms with E-state index >= 15 is 0 Å². The summed E-state index contributed by atoms with van der Waals surface area (Å²) in [5.74, 6) is -8.25. The van der Waals surface area contributed by atoms with Gasteiger partial charge in [0.05, 0.1) is 5.69 Å². The molecule has 9 heteroatoms. The van der Waals surface area contributed by atoms with Gasteiger partial charge in [0.2, 0.25) is 0 Å². The van der Waals surface area contributed by atoms with Crippen molar-refractivity contribution in [1.82, 2.24) is 0 Å². The number of nitrogens with two attached hydrogens (primary N) is 1. The van der Waals surface area contributed by atoms with Crippen molar-refractivity contribution in [2.75, 3.05) is 4.90 Å². The van der Waals surface area contributed by atoms with Crippen molar-refractivity contribution < 1.29 is 31.1 Å². The normalized spacial score (nSPS) is 10.9. The SMILES string of the molecule is NC(=O)c1c(F)ccc(N(Cc2ccc(F)c(F)c2)Cc2ccc(F)c(F)c2)c1F. The molecular formula is C21H14F6N2O. The van der Waals surface area contributed by atoms with E-state index in [2.05, 4.69) is 0 Å². The molecule has 0 fully saturated rings. The molecule has 0 bridgehead atoms. The van der Waals surface area contributed by atoms with Crippen LogP contribution < -0.4 is 10.6 Å². The average molecular weight is 424 g/mol. The molecule has 0 unspecified atom stereocenters. The molecule has 0 radical (unpaired) electrons. The van der Waals surface area contributed by atoms with Gasteiger partial charge in [-0.15, -0.1) is 0 Å². The van der Waals surface area contributed by atoms with E-state index in [1.54, 1.807) is 0 Å². The third-order valence-corrected chi connectivity index (χ3v) is 4.37. The van der Waals surface area contributed by atoms with E-state index in [0.29, 0.717) is 0 Å². The third kappa shape index (κ3) is 4.40. The zero-order valence-electron chi connectivity index (χ0n) is 15.2. The molecule has 30 heavy (non-hydrogen) atoms. The standard InChI is InChI=1S/C21H14F6N2O/c22-13-3-1-11(7-16(13)25)9-29(10-12-2-4-14(23)17(26)8-12)18-6-5-15(24)19(20(18)27)21(28)30/h1-8H,9-10H2,(H2,28,30). The van der Waals surface area contributed by atoms with Crippen molar-refractivity contribution in [2.24, 2.45) is 5.73 Å². The van der Waals surface area contributed by atoms with E-state index in [-0.39, 0.29) is 29.9 Å². The number of rotatable bonds is 6. The van der Waals surface area contributed by atoms with E-state index in [1.165, 1.54) is 17.0 Å². The minimum atomic E-state index is -1.34. The Morgan fingerprint density at radius 2 is 1.17 bits per heavy atom. The van der Waals surface area contributed by atoms with Crippen LogP contribution in [0.15, 0.2) is 48.5 Å². The quantitative estimate of drug-likeness (QED) is 0.577. The highest BCUT2D eigenvalue weighted by atomic mass is 19.2. The Morgan fingerprint density at radius 1 is 0.700 bits per heavy atom. The van der Waals surface area contributed by atoms with Crippen LogP contribution >= 0.6 is 0 Å². The Labute approximate surface area is 167 Å². The summed E-state index contributed by atoms with van der Waals surface area (Å²) in [6, 6.07) is 7.83. The highest BCUT2D eigenvalue weighted by molar-refractivity contribution is 5.94. The molecule has 0 spiro atoms. The predicted octanol–water partition coefficient (Wildman–Crippen LogP) is 4.83. The Hall–Kier alpha value is -3.49. The molecule has 3 aromatic rings. The fraction of sp³-hybridized carbons (Fsp3) is 0.0952. The van der Waals surface area contributed by atoms with Gasteiger partial charge in [0, 0.05) is 13.1 Å². The first-order valence-corrected chi connectivity index (χ1v) is 8.58. The first-order chi connectivity index (χ1) is 14.2. The molecule has 3 nitrogen and oxygen atoms in total. The molecule has 3 rings (SSSR count). The van der Waals surface area contributed by atoms with E-state index in [1.807, 2.05) is 0 Å². The number of halogens is 6. The van der Waals surface area contributed by atoms with Gasteiger partial charge in [-0.1, -0.05) is 12.1 Å². The highest BCUT2D eigenvalue weighted by Crippen LogP contribution is 2.28. The lowest BCUT2D eigenvalue weighted by atomic mass is 10.1. The van der Waals surface area contributed by atoms with Crippen LogP contribution in [-0.4, -0.2) is 5.91 Å². The lowest BCUT2D eigenvalue weighted by Crippen LogP contribution is -2.25. The van der Waals surface area contributed by atoms with E-state index < -0.39 is 46.4 Å². The number of hydrogen-bond donors (Lipinski definition) is 1. The Bertz CT molecular complexity index is 1070. The minimum absolute atomic E-state index is 0.209. The average Bonchev–Trinajstić information content (AvgIpc) is 2.67. The molecule has 0 saturated carbocycles. The van der Waals surface area contributed by atoms with Gasteiger partial charge in [0.1, 0.15) is 11.4 Å². The zero-order valence-corrected chi connectivity index (χ0v) is 15.2. The van der Waals surface area contributed by atoms with Gasteiger partial charge in [0.15, 0.2) is 29.1 Å². The Kier molecular flexibility index (Phi) is 6.00. The van der Waals surface area contributed by atoms with Crippen molar-refractivity contribution in [3.05, 3.63) is 100 Å². The largest absolute Gasteiger partial charge is 0.365 e. The van der Waals surface area contributed by atoms with Crippen LogP contribution in [0.1, 0.15) is 21.5 Å². The molecule has 3 aromatic carbocycles. The van der Waals surface area contributed by atoms with Crippen LogP contribution in [0.2, 0.25) is 0 Å². The Balaban J connectivity index is 2.06. The van der Waals surface area contributed by atoms with Crippen molar-refractivity contribution in [3.63, 3.8) is 0 Å². The molecule has 0 heterocycles. The van der Waals surface area contributed by atoms with Crippen molar-refractivity contribution in [2.45, 2.75) is 13.1 Å². The summed E-state index contributed by atoms with van der Waals surface area (Å²) in [6.45, 7) is -0.450. The summed E-state index contributed by atoms with van der Waals surface area (Å²) >= 11 is 0. The molecule has 0 aliphatic rings. The summed E-state index contributed by atoms with van der Waals surface area (Å²) < 4.78 is 82.3. The maximum absolute atomic E-state index is 14.9. The van der Waals surface area contributed by atoms with E-state index in [9.17, 15) is 31.1 Å². The number of nitrogens with zero attached hydrogens (tertiary/aromatic N) is 1. The maximum atomic E-state index is 14.9. The minimum Gasteiger partial charge on any atom is -0.365 e. The molecule has 2 N–H and O–H groups in total. The number of anilines is 1. The maximum Gasteiger partial charge on any atom is 0.254 e. The summed E-state index contributed by atoms with van der Waals surface area (Å²) in [5, 5.41) is 0. The predicted molar refractivity (Wildman–Crippen MR) is 97.5 cm³/mol. The number of amides is 1. The Morgan fingerprint density at radius 3 is 1.60 bits per heavy atom. The van der Waals surface area contributed by atoms with Crippen LogP contribution in [0, 0.1) is 34.9 Å². The van der Waals surface area contributed by atoms with Crippen LogP contribution in [-0.2, 0) is 13.1 Å². The van der Waals surface area contributed by atoms with Gasteiger partial charge in [0.25, 0.3) is 5.91 Å². The van der Waals surface area contributed by atoms with Gasteiger partial charge >= 0.3 is 0 Å². The van der Waals surface area contributed by atoms with Crippen LogP contribution in [0.3, 0.4) is 0 Å². The van der Waals surface area contributed by atoms with Gasteiger partial charge < -0.3 is 10.6 Å². The monoisotopic (exact) mass is 424 g/mol. The van der Waals surface area contributed by atoms with Gasteiger partial charge in [-0.2, -0.15) is 0 Å². The smallest absolute Gasteiger partial charge is 0.254 e. The fourth-order valence-electron chi connectivity index (χ4n) is 2.95. The van der Waals surface area contributed by atoms with Crippen molar-refractivity contribution >= 4 is 11.6 Å². The molecular weight excluding hydrogens is 410 g/mol. The molecule has 156 valence electrons. The molecule has 0 aliphatic heterocycles. The lowest BCUT2D eigenvalue weighted by molar-refractivity contribution is 0.0992. The fourth-order valence-corrected chi connectivity index (χ4v) is 2.95. The molecule has 0 aromatic heterocycles. The second-order valence-electron chi connectivity index (χ2n) is 6.47. The van der Waals surface area contributed by atoms with Gasteiger partial charge in [-0.25, -0.2) is 26.3 Å². The zero-order chi connectivity index (χ0) is 22.0. The summed E-state index contributed by atoms with van der Waals surface area (Å²) in [7, 11) is 0. The number of primary amides is 1.